The van der Waals surface area contributed by atoms with Crippen LogP contribution in [0.3, 0.4) is 0 Å². The first-order chi connectivity index (χ1) is 13.9. The molecule has 0 radical (unpaired) electrons. The van der Waals surface area contributed by atoms with Gasteiger partial charge >= 0.3 is 0 Å². The van der Waals surface area contributed by atoms with Crippen LogP contribution in [0.2, 0.25) is 0 Å². The maximum Gasteiger partial charge on any atom is 0.246 e. The number of carbonyl (C=O) groups is 2. The maximum atomic E-state index is 13.3. The fourth-order valence-corrected chi connectivity index (χ4v) is 4.68. The number of rotatable bonds is 7. The largest absolute Gasteiger partial charge is 0.342 e. The van der Waals surface area contributed by atoms with Crippen molar-refractivity contribution in [2.45, 2.75) is 77.9 Å². The van der Waals surface area contributed by atoms with Crippen molar-refractivity contribution in [1.29, 1.82) is 0 Å². The van der Waals surface area contributed by atoms with Crippen LogP contribution in [0.25, 0.3) is 0 Å². The third kappa shape index (κ3) is 5.36. The number of benzene rings is 1. The van der Waals surface area contributed by atoms with Crippen LogP contribution in [0.4, 0.5) is 0 Å². The molecule has 1 atom stereocenters. The molecule has 1 spiro atoms. The number of aryl methyl sites for hydroxylation is 1. The van der Waals surface area contributed by atoms with E-state index in [1.807, 2.05) is 4.90 Å². The van der Waals surface area contributed by atoms with E-state index in [0.29, 0.717) is 31.7 Å². The highest BCUT2D eigenvalue weighted by Gasteiger charge is 2.53. The van der Waals surface area contributed by atoms with Gasteiger partial charge in [0.2, 0.25) is 11.8 Å². The second-order valence-corrected chi connectivity index (χ2v) is 9.29. The summed E-state index contributed by atoms with van der Waals surface area (Å²) in [5.41, 5.74) is 1.91. The van der Waals surface area contributed by atoms with Gasteiger partial charge in [0.05, 0.1) is 0 Å². The molecule has 0 aliphatic carbocycles. The molecule has 0 bridgehead atoms. The van der Waals surface area contributed by atoms with Gasteiger partial charge in [-0.3, -0.25) is 14.5 Å². The van der Waals surface area contributed by atoms with Crippen LogP contribution in [0.5, 0.6) is 0 Å². The van der Waals surface area contributed by atoms with E-state index in [4.69, 9.17) is 0 Å². The van der Waals surface area contributed by atoms with Gasteiger partial charge in [0.25, 0.3) is 0 Å². The quantitative estimate of drug-likeness (QED) is 0.706. The van der Waals surface area contributed by atoms with Crippen molar-refractivity contribution >= 4 is 24.2 Å². The van der Waals surface area contributed by atoms with Crippen LogP contribution in [0.15, 0.2) is 24.3 Å². The van der Waals surface area contributed by atoms with Gasteiger partial charge in [-0.05, 0) is 44.1 Å². The lowest BCUT2D eigenvalue weighted by Crippen LogP contribution is -2.73. The minimum absolute atomic E-state index is 0. The zero-order chi connectivity index (χ0) is 21.0. The number of hydrogen-bond acceptors (Lipinski definition) is 3. The molecular weight excluding hydrogens is 398 g/mol. The summed E-state index contributed by atoms with van der Waals surface area (Å²) in [6.45, 7) is 11.7. The van der Waals surface area contributed by atoms with Crippen LogP contribution in [-0.4, -0.2) is 52.8 Å². The van der Waals surface area contributed by atoms with E-state index in [9.17, 15) is 9.59 Å². The normalized spacial score (nSPS) is 21.6. The number of hydrogen-bond donors (Lipinski definition) is 1. The Labute approximate surface area is 188 Å². The lowest BCUT2D eigenvalue weighted by molar-refractivity contribution is -0.161. The molecule has 2 aliphatic rings. The van der Waals surface area contributed by atoms with Gasteiger partial charge in [-0.25, -0.2) is 0 Å². The summed E-state index contributed by atoms with van der Waals surface area (Å²) in [4.78, 5) is 30.9. The monoisotopic (exact) mass is 435 g/mol. The molecule has 6 heteroatoms. The van der Waals surface area contributed by atoms with Crippen LogP contribution in [-0.2, 0) is 16.1 Å². The summed E-state index contributed by atoms with van der Waals surface area (Å²) >= 11 is 0. The highest BCUT2D eigenvalue weighted by molar-refractivity contribution is 6.00. The number of carbonyl (C=O) groups excluding carboxylic acids is 2. The van der Waals surface area contributed by atoms with Crippen LogP contribution < -0.4 is 5.32 Å². The van der Waals surface area contributed by atoms with Gasteiger partial charge in [-0.1, -0.05) is 57.0 Å². The molecule has 1 aromatic carbocycles. The van der Waals surface area contributed by atoms with Crippen molar-refractivity contribution in [3.05, 3.63) is 35.4 Å². The lowest BCUT2D eigenvalue weighted by Gasteiger charge is -2.52. The molecule has 2 aliphatic heterocycles. The van der Waals surface area contributed by atoms with Gasteiger partial charge in [0.1, 0.15) is 11.6 Å². The molecular formula is C24H38ClN3O2. The van der Waals surface area contributed by atoms with Crippen LogP contribution >= 0.6 is 12.4 Å². The Bertz CT molecular complexity index is 712. The zero-order valence-corrected chi connectivity index (χ0v) is 19.8. The molecule has 1 N–H and O–H groups in total. The third-order valence-electron chi connectivity index (χ3n) is 6.46. The topological polar surface area (TPSA) is 52.7 Å². The van der Waals surface area contributed by atoms with E-state index in [1.54, 1.807) is 0 Å². The zero-order valence-electron chi connectivity index (χ0n) is 18.9. The standard InChI is InChI=1S/C24H37N3O2.ClH/c1-5-6-13-27-22(28)21(16-18(2)3)25-23(29)24(27)11-14-26(15-12-24)17-20-9-7-19(4)8-10-20;/h7-10,18,21H,5-6,11-17H2,1-4H3,(H,25,29);1H/t21-;/m0./s1. The predicted molar refractivity (Wildman–Crippen MR) is 124 cm³/mol. The van der Waals surface area contributed by atoms with Gasteiger partial charge in [-0.2, -0.15) is 0 Å². The number of halogens is 1. The van der Waals surface area contributed by atoms with E-state index in [-0.39, 0.29) is 30.3 Å². The summed E-state index contributed by atoms with van der Waals surface area (Å²) in [5, 5.41) is 3.09. The van der Waals surface area contributed by atoms with E-state index < -0.39 is 5.54 Å². The fourth-order valence-electron chi connectivity index (χ4n) is 4.68. The van der Waals surface area contributed by atoms with Crippen molar-refractivity contribution in [2.24, 2.45) is 5.92 Å². The number of amides is 2. The number of unbranched alkanes of at least 4 members (excludes halogenated alkanes) is 1. The van der Waals surface area contributed by atoms with E-state index >= 15 is 0 Å². The Hall–Kier alpha value is -1.59. The molecule has 0 saturated carbocycles. The summed E-state index contributed by atoms with van der Waals surface area (Å²) in [7, 11) is 0. The second kappa shape index (κ2) is 10.6. The smallest absolute Gasteiger partial charge is 0.246 e. The summed E-state index contributed by atoms with van der Waals surface area (Å²) in [5.74, 6) is 0.565. The summed E-state index contributed by atoms with van der Waals surface area (Å²) in [6.07, 6.45) is 4.12. The highest BCUT2D eigenvalue weighted by Crippen LogP contribution is 2.34. The second-order valence-electron chi connectivity index (χ2n) is 9.29. The number of nitrogens with one attached hydrogen (secondary N) is 1. The van der Waals surface area contributed by atoms with E-state index in [1.165, 1.54) is 11.1 Å². The number of piperazine rings is 1. The predicted octanol–water partition coefficient (Wildman–Crippen LogP) is 3.92. The molecule has 3 rings (SSSR count). The Morgan fingerprint density at radius 3 is 2.33 bits per heavy atom. The van der Waals surface area contributed by atoms with E-state index in [0.717, 1.165) is 32.5 Å². The molecule has 0 unspecified atom stereocenters. The highest BCUT2D eigenvalue weighted by atomic mass is 35.5. The molecule has 168 valence electrons. The first-order valence-corrected chi connectivity index (χ1v) is 11.3. The molecule has 1 aromatic rings. The van der Waals surface area contributed by atoms with Gasteiger partial charge in [-0.15, -0.1) is 12.4 Å². The Balaban J connectivity index is 0.00000320. The van der Waals surface area contributed by atoms with Crippen LogP contribution in [0, 0.1) is 12.8 Å². The third-order valence-corrected chi connectivity index (χ3v) is 6.46. The molecule has 5 nitrogen and oxygen atoms in total. The maximum absolute atomic E-state index is 13.3. The van der Waals surface area contributed by atoms with E-state index in [2.05, 4.69) is 62.2 Å². The number of likely N-dealkylation sites (tertiary alicyclic amines) is 1. The molecule has 2 amide bonds. The fraction of sp³-hybridized carbons (Fsp3) is 0.667. The molecule has 0 aromatic heterocycles. The minimum atomic E-state index is -0.663. The van der Waals surface area contributed by atoms with Gasteiger partial charge in [0, 0.05) is 26.2 Å². The van der Waals surface area contributed by atoms with Crippen molar-refractivity contribution in [3.8, 4) is 0 Å². The van der Waals surface area contributed by atoms with Crippen LogP contribution in [0.1, 0.15) is 64.0 Å². The Kier molecular flexibility index (Phi) is 8.74. The minimum Gasteiger partial charge on any atom is -0.342 e. The Morgan fingerprint density at radius 1 is 1.13 bits per heavy atom. The van der Waals surface area contributed by atoms with Crippen molar-refractivity contribution in [3.63, 3.8) is 0 Å². The number of piperidine rings is 1. The molecule has 2 heterocycles. The first-order valence-electron chi connectivity index (χ1n) is 11.3. The summed E-state index contributed by atoms with van der Waals surface area (Å²) < 4.78 is 0. The molecule has 2 fully saturated rings. The molecule has 30 heavy (non-hydrogen) atoms. The first kappa shape index (κ1) is 24.7. The summed E-state index contributed by atoms with van der Waals surface area (Å²) in [6, 6.07) is 8.29. The average molecular weight is 436 g/mol. The van der Waals surface area contributed by atoms with Crippen molar-refractivity contribution in [1.82, 2.24) is 15.1 Å². The Morgan fingerprint density at radius 2 is 1.77 bits per heavy atom. The average Bonchev–Trinajstić information content (AvgIpc) is 2.69. The molecule has 2 saturated heterocycles. The van der Waals surface area contributed by atoms with Crippen molar-refractivity contribution in [2.75, 3.05) is 19.6 Å². The lowest BCUT2D eigenvalue weighted by atomic mass is 9.80. The van der Waals surface area contributed by atoms with Gasteiger partial charge in [0.15, 0.2) is 0 Å². The van der Waals surface area contributed by atoms with Gasteiger partial charge < -0.3 is 10.2 Å². The number of nitrogens with zero attached hydrogens (tertiary/aromatic N) is 2. The SMILES string of the molecule is CCCCN1C(=O)[C@H](CC(C)C)NC(=O)C12CCN(Cc1ccc(C)cc1)CC2.Cl. The van der Waals surface area contributed by atoms with Crippen molar-refractivity contribution < 1.29 is 9.59 Å².